The number of carboxylic acid groups (broad SMARTS) is 1. The highest BCUT2D eigenvalue weighted by Gasteiger charge is 2.40. The minimum atomic E-state index is -2.29. The number of phenols is 2. The number of hydrogen-bond donors (Lipinski definition) is 20. The quantitative estimate of drug-likeness (QED) is 0.0148. The Bertz CT molecular complexity index is 4950. The highest BCUT2D eigenvalue weighted by atomic mass is 16.5. The molecule has 0 spiro atoms. The monoisotopic (exact) mass is 1750 g/mol. The van der Waals surface area contributed by atoms with Crippen LogP contribution in [0.3, 0.4) is 0 Å². The highest BCUT2D eigenvalue weighted by molar-refractivity contribution is 5.98. The van der Waals surface area contributed by atoms with E-state index >= 15 is 9.59 Å². The number of methoxy groups -OCH3 is 1. The van der Waals surface area contributed by atoms with Crippen molar-refractivity contribution in [3.63, 3.8) is 0 Å². The van der Waals surface area contributed by atoms with Crippen molar-refractivity contribution in [3.05, 3.63) is 132 Å². The third-order valence-electron chi connectivity index (χ3n) is 20.3. The Labute approximate surface area is 723 Å². The Morgan fingerprint density at radius 2 is 1.20 bits per heavy atom. The maximum absolute atomic E-state index is 15.3. The molecule has 126 heavy (non-hydrogen) atoms. The number of nitrogens with zero attached hydrogens (tertiary/aromatic N) is 15. The van der Waals surface area contributed by atoms with E-state index in [0.29, 0.717) is 27.6 Å². The number of rotatable bonds is 25. The predicted molar refractivity (Wildman–Crippen MR) is 473 cm³/mol. The molecule has 15 atom stereocenters. The molecule has 1 amide bonds. The molecule has 15 unspecified atom stereocenters. The summed E-state index contributed by atoms with van der Waals surface area (Å²) >= 11 is 0. The first-order chi connectivity index (χ1) is 59.9. The van der Waals surface area contributed by atoms with Crippen LogP contribution in [0, 0.1) is 5.92 Å². The molecular formula is C85H110N16O25. The SMILES string of the molecule is COC(=O)CCC1N=C(O)C(Cc2cc3ccccc3[nH]2)N=C(O)C2CC(=O)OC(C)C(N=C(O)C(N=C(O)CN=C(O)C(Cc3ccccc3)N=C(C)O)C(C)O)C(O)=NC(CC(C)C)C(O)=NC(CCCCN=C(O)CCC(C(O)=NC(Cc3ccc(O)cc3)C(=O)O)N=C1O)C(O)=NC(Cc1ccc(O)cc1)C(=O)N1CCCC1C(O)=NC(CO)C(O)=N2. The van der Waals surface area contributed by atoms with Gasteiger partial charge in [0.05, 0.1) is 26.2 Å². The third kappa shape index (κ3) is 29.8. The molecule has 3 aliphatic heterocycles. The van der Waals surface area contributed by atoms with Crippen LogP contribution in [0.25, 0.3) is 10.9 Å². The van der Waals surface area contributed by atoms with Gasteiger partial charge in [0.2, 0.25) is 76.7 Å². The van der Waals surface area contributed by atoms with Crippen LogP contribution in [0.15, 0.2) is 179 Å². The number of benzene rings is 4. The van der Waals surface area contributed by atoms with Crippen LogP contribution in [0.2, 0.25) is 0 Å². The minimum absolute atomic E-state index is 0.0104. The van der Waals surface area contributed by atoms with Crippen LogP contribution in [0.1, 0.15) is 128 Å². The molecule has 20 N–H and O–H groups in total. The number of nitrogens with one attached hydrogen (secondary N) is 1. The summed E-state index contributed by atoms with van der Waals surface area (Å²) in [5, 5.41) is 221. The minimum Gasteiger partial charge on any atom is -0.508 e. The van der Waals surface area contributed by atoms with Gasteiger partial charge in [-0.15, -0.1) is 0 Å². The number of carbonyl (C=O) groups is 4. The number of amides is 1. The second kappa shape index (κ2) is 47.3. The first-order valence-electron chi connectivity index (χ1n) is 40.8. The number of aliphatic hydroxyl groups excluding tert-OH is 16. The van der Waals surface area contributed by atoms with Gasteiger partial charge in [0.15, 0.2) is 36.0 Å². The fourth-order valence-electron chi connectivity index (χ4n) is 13.7. The summed E-state index contributed by atoms with van der Waals surface area (Å²) < 4.78 is 10.8. The maximum Gasteiger partial charge on any atom is 0.328 e. The number of aliphatic carboxylic acids is 1. The van der Waals surface area contributed by atoms with Crippen molar-refractivity contribution in [2.75, 3.05) is 33.4 Å². The summed E-state index contributed by atoms with van der Waals surface area (Å²) in [5.41, 5.74) is 2.16. The van der Waals surface area contributed by atoms with Gasteiger partial charge in [-0.3, -0.25) is 19.4 Å². The van der Waals surface area contributed by atoms with Crippen LogP contribution in [-0.2, 0) is 54.3 Å². The van der Waals surface area contributed by atoms with Crippen molar-refractivity contribution in [2.45, 2.75) is 222 Å². The van der Waals surface area contributed by atoms with Gasteiger partial charge in [-0.05, 0) is 130 Å². The molecule has 680 valence electrons. The van der Waals surface area contributed by atoms with Crippen LogP contribution in [0.4, 0.5) is 0 Å². The highest BCUT2D eigenvalue weighted by Crippen LogP contribution is 2.27. The first-order valence-corrected chi connectivity index (χ1v) is 40.8. The number of aliphatic hydroxyl groups is 16. The summed E-state index contributed by atoms with van der Waals surface area (Å²) in [6.07, 6.45) is -8.79. The van der Waals surface area contributed by atoms with Gasteiger partial charge in [0.1, 0.15) is 78.5 Å². The first kappa shape index (κ1) is 97.8. The summed E-state index contributed by atoms with van der Waals surface area (Å²) in [5.74, 6) is -19.1. The lowest BCUT2D eigenvalue weighted by atomic mass is 10.0. The van der Waals surface area contributed by atoms with Crippen LogP contribution < -0.4 is 0 Å². The van der Waals surface area contributed by atoms with Crippen LogP contribution in [0.5, 0.6) is 11.5 Å². The van der Waals surface area contributed by atoms with E-state index in [1.54, 1.807) is 74.5 Å². The number of esters is 2. The van der Waals surface area contributed by atoms with E-state index in [4.69, 9.17) is 9.47 Å². The largest absolute Gasteiger partial charge is 0.508 e. The number of fused-ring (bicyclic) bond motifs is 11. The number of phenolic OH excluding ortho intramolecular Hbond substituents is 2. The number of aromatic hydroxyl groups is 2. The number of aliphatic imine (C=N–C) groups is 14. The van der Waals surface area contributed by atoms with Crippen LogP contribution >= 0.6 is 0 Å². The van der Waals surface area contributed by atoms with Crippen molar-refractivity contribution >= 4 is 117 Å². The number of hydrogen-bond acceptors (Lipinski definition) is 24. The van der Waals surface area contributed by atoms with Crippen molar-refractivity contribution in [2.24, 2.45) is 75.8 Å². The second-order valence-corrected chi connectivity index (χ2v) is 30.8. The van der Waals surface area contributed by atoms with Crippen molar-refractivity contribution in [3.8, 4) is 11.5 Å². The molecular weight excluding hydrogens is 1650 g/mol. The molecule has 4 aromatic carbocycles. The van der Waals surface area contributed by atoms with E-state index in [-0.39, 0.29) is 88.1 Å². The Balaban J connectivity index is 1.39. The lowest BCUT2D eigenvalue weighted by Crippen LogP contribution is -2.46. The smallest absolute Gasteiger partial charge is 0.328 e. The topological polar surface area (TPSA) is 663 Å². The number of H-pyrrole nitrogens is 1. The lowest BCUT2D eigenvalue weighted by Gasteiger charge is -2.27. The van der Waals surface area contributed by atoms with Gasteiger partial charge in [0.25, 0.3) is 0 Å². The molecule has 1 saturated heterocycles. The molecule has 1 aromatic heterocycles. The molecule has 41 nitrogen and oxygen atoms in total. The molecule has 0 radical (unpaired) electrons. The molecule has 8 rings (SSSR count). The fourth-order valence-corrected chi connectivity index (χ4v) is 13.7. The molecule has 2 bridgehead atoms. The van der Waals surface area contributed by atoms with Gasteiger partial charge in [-0.2, -0.15) is 0 Å². The van der Waals surface area contributed by atoms with Crippen molar-refractivity contribution in [1.29, 1.82) is 0 Å². The Morgan fingerprint density at radius 1 is 0.603 bits per heavy atom. The zero-order valence-corrected chi connectivity index (χ0v) is 70.2. The number of ether oxygens (including phenoxy) is 2. The summed E-state index contributed by atoms with van der Waals surface area (Å²) in [6.45, 7) is 4.43. The zero-order chi connectivity index (χ0) is 92.0. The lowest BCUT2D eigenvalue weighted by molar-refractivity contribution is -0.148. The molecule has 4 heterocycles. The summed E-state index contributed by atoms with van der Waals surface area (Å²) in [6, 6.07) is 4.56. The number of carboxylic acids is 1. The molecule has 3 aliphatic rings. The number of aromatic amines is 1. The van der Waals surface area contributed by atoms with E-state index in [0.717, 1.165) is 21.0 Å². The summed E-state index contributed by atoms with van der Waals surface area (Å²) in [7, 11) is 1.05. The number of aromatic nitrogens is 1. The molecule has 0 saturated carbocycles. The van der Waals surface area contributed by atoms with Crippen LogP contribution in [-0.4, -0.2) is 337 Å². The van der Waals surface area contributed by atoms with Crippen molar-refractivity contribution < 1.29 is 126 Å². The normalized spacial score (nSPS) is 24.1. The molecule has 5 aromatic rings. The van der Waals surface area contributed by atoms with E-state index in [1.807, 2.05) is 0 Å². The molecule has 0 aliphatic carbocycles. The fraction of sp³-hybridized carbons (Fsp3) is 0.482. The van der Waals surface area contributed by atoms with Gasteiger partial charge >= 0.3 is 17.9 Å². The Hall–Kier alpha value is -13.6. The average Bonchev–Trinajstić information content (AvgIpc) is 1.66. The second-order valence-electron chi connectivity index (χ2n) is 30.8. The average molecular weight is 1760 g/mol. The van der Waals surface area contributed by atoms with Gasteiger partial charge in [-0.25, -0.2) is 69.7 Å². The summed E-state index contributed by atoms with van der Waals surface area (Å²) in [4.78, 5) is 120. The van der Waals surface area contributed by atoms with E-state index < -0.39 is 255 Å². The molecule has 41 heteroatoms. The van der Waals surface area contributed by atoms with Crippen molar-refractivity contribution in [1.82, 2.24) is 9.88 Å². The van der Waals surface area contributed by atoms with Gasteiger partial charge < -0.3 is 116 Å². The van der Waals surface area contributed by atoms with E-state index in [1.165, 1.54) is 60.4 Å². The van der Waals surface area contributed by atoms with Gasteiger partial charge in [0, 0.05) is 69.7 Å². The third-order valence-corrected chi connectivity index (χ3v) is 20.3. The maximum atomic E-state index is 15.3. The van der Waals surface area contributed by atoms with Gasteiger partial charge in [-0.1, -0.05) is 86.6 Å². The molecule has 1 fully saturated rings. The zero-order valence-electron chi connectivity index (χ0n) is 70.2. The number of para-hydroxylation sites is 1. The predicted octanol–water partition coefficient (Wildman–Crippen LogP) is 8.43. The number of carbonyl (C=O) groups excluding carboxylic acids is 3. The standard InChI is InChI=1S/C85H110N16O25/c1-44(2)35-59-77(115)90-56-19-12-13-33-86-67(107)31-29-57(76(114)97-64(85(123)124)38-50-23-27-54(106)28-24-50)91-75(113)58(30-32-69(109)125-6)92-78(116)61(40-52-39-51-17-10-11-18-55(51)89-52)93-79(117)62(94-80(118)65(43-102)98-81(119)66-20-14-34-101(66)84(122)63(96-74(56)112)37-49-21-25-53(105)26-22-49)41-70(110)126-46(4)72(83(121)95-59)100-82(120)71(45(3)103)99-68(108)42-87-73(111)60(88-47(5)104)36-48-15-8-7-9-16-48/h7-11,15-18,21-28,39,44-46,56-66,71-72,89,102-103,105-106H,12-14,19-20,29-38,40-43H2,1-6H3,(H,86,107)(H,87,111)(H,88,104)(H,90,115)(H,91,113)(H,92,116)(H,93,117)(H,94,118)(H,95,121)(H,96,112)(H,97,114)(H,98,119)(H,99,108)(H,100,120)(H,123,124). The van der Waals surface area contributed by atoms with E-state index in [2.05, 4.69) is 74.9 Å². The van der Waals surface area contributed by atoms with E-state index in [9.17, 15) is 107 Å². The Kier molecular flexibility index (Phi) is 36.7. The Morgan fingerprint density at radius 3 is 1.85 bits per heavy atom.